The molecule has 8 heteroatoms. The van der Waals surface area contributed by atoms with E-state index in [-0.39, 0.29) is 0 Å². The van der Waals surface area contributed by atoms with Crippen molar-refractivity contribution in [3.05, 3.63) is 52.5 Å². The molecule has 0 fully saturated rings. The summed E-state index contributed by atoms with van der Waals surface area (Å²) in [5, 5.41) is 15.1. The van der Waals surface area contributed by atoms with Crippen molar-refractivity contribution in [1.82, 2.24) is 19.8 Å². The van der Waals surface area contributed by atoms with Crippen LogP contribution < -0.4 is 4.74 Å². The van der Waals surface area contributed by atoms with Gasteiger partial charge in [0.15, 0.2) is 5.82 Å². The van der Waals surface area contributed by atoms with Crippen molar-refractivity contribution in [2.45, 2.75) is 0 Å². The number of aromatic nitrogens is 4. The standard InChI is InChI=1S/C16H10Cl2N4OS/c1-23-13-6-5-11(18)8-12(13)14-19-20-16-22(14)21-15(24-16)9-3-2-4-10(17)7-9/h2-8H,1H3. The van der Waals surface area contributed by atoms with Crippen LogP contribution in [0.2, 0.25) is 10.0 Å². The van der Waals surface area contributed by atoms with Gasteiger partial charge >= 0.3 is 0 Å². The quantitative estimate of drug-likeness (QED) is 0.513. The molecule has 0 spiro atoms. The first-order chi connectivity index (χ1) is 11.7. The van der Waals surface area contributed by atoms with Gasteiger partial charge in [-0.15, -0.1) is 10.2 Å². The molecule has 2 aromatic carbocycles. The highest BCUT2D eigenvalue weighted by molar-refractivity contribution is 7.19. The SMILES string of the molecule is COc1ccc(Cl)cc1-c1nnc2sc(-c3cccc(Cl)c3)nn12. The molecule has 4 aromatic rings. The van der Waals surface area contributed by atoms with E-state index in [0.717, 1.165) is 16.1 Å². The minimum Gasteiger partial charge on any atom is -0.496 e. The number of rotatable bonds is 3. The highest BCUT2D eigenvalue weighted by Crippen LogP contribution is 2.34. The van der Waals surface area contributed by atoms with Crippen LogP contribution in [0.25, 0.3) is 26.9 Å². The van der Waals surface area contributed by atoms with Crippen LogP contribution in [0.3, 0.4) is 0 Å². The Morgan fingerprint density at radius 2 is 1.88 bits per heavy atom. The van der Waals surface area contributed by atoms with Crippen LogP contribution in [0, 0.1) is 0 Å². The lowest BCUT2D eigenvalue weighted by molar-refractivity contribution is 0.416. The number of methoxy groups -OCH3 is 1. The topological polar surface area (TPSA) is 52.3 Å². The van der Waals surface area contributed by atoms with Crippen LogP contribution in [-0.2, 0) is 0 Å². The van der Waals surface area contributed by atoms with Gasteiger partial charge in [-0.25, -0.2) is 0 Å². The first kappa shape index (κ1) is 15.4. The molecular weight excluding hydrogens is 367 g/mol. The lowest BCUT2D eigenvalue weighted by atomic mass is 10.2. The molecule has 0 saturated carbocycles. The first-order valence-corrected chi connectivity index (χ1v) is 8.55. The summed E-state index contributed by atoms with van der Waals surface area (Å²) in [7, 11) is 1.60. The molecular formula is C16H10Cl2N4OS. The molecule has 0 aliphatic carbocycles. The van der Waals surface area contributed by atoms with E-state index in [0.29, 0.717) is 26.6 Å². The maximum atomic E-state index is 6.11. The predicted molar refractivity (Wildman–Crippen MR) is 96.1 cm³/mol. The van der Waals surface area contributed by atoms with Crippen molar-refractivity contribution in [2.75, 3.05) is 7.11 Å². The van der Waals surface area contributed by atoms with Crippen LogP contribution in [0.5, 0.6) is 5.75 Å². The number of halogens is 2. The molecule has 120 valence electrons. The predicted octanol–water partition coefficient (Wildman–Crippen LogP) is 4.84. The van der Waals surface area contributed by atoms with E-state index in [4.69, 9.17) is 27.9 Å². The molecule has 0 N–H and O–H groups in total. The summed E-state index contributed by atoms with van der Waals surface area (Å²) in [6.07, 6.45) is 0. The minimum absolute atomic E-state index is 0.578. The molecule has 0 unspecified atom stereocenters. The molecule has 24 heavy (non-hydrogen) atoms. The van der Waals surface area contributed by atoms with E-state index in [1.807, 2.05) is 24.3 Å². The molecule has 4 rings (SSSR count). The van der Waals surface area contributed by atoms with E-state index >= 15 is 0 Å². The summed E-state index contributed by atoms with van der Waals surface area (Å²) in [5.41, 5.74) is 1.67. The zero-order valence-corrected chi connectivity index (χ0v) is 14.7. The summed E-state index contributed by atoms with van der Waals surface area (Å²) >= 11 is 13.6. The Kier molecular flexibility index (Phi) is 3.88. The van der Waals surface area contributed by atoms with Crippen LogP contribution in [-0.4, -0.2) is 26.9 Å². The second-order valence-corrected chi connectivity index (χ2v) is 6.81. The molecule has 2 heterocycles. The summed E-state index contributed by atoms with van der Waals surface area (Å²) in [6, 6.07) is 12.9. The van der Waals surface area contributed by atoms with Gasteiger partial charge in [0.25, 0.3) is 0 Å². The molecule has 2 aromatic heterocycles. The lowest BCUT2D eigenvalue weighted by Gasteiger charge is -2.06. The number of ether oxygens (including phenoxy) is 1. The molecule has 0 amide bonds. The maximum absolute atomic E-state index is 6.11. The van der Waals surface area contributed by atoms with Gasteiger partial charge < -0.3 is 4.74 Å². The fraction of sp³-hybridized carbons (Fsp3) is 0.0625. The summed E-state index contributed by atoms with van der Waals surface area (Å²) in [5.74, 6) is 1.24. The normalized spacial score (nSPS) is 11.1. The van der Waals surface area contributed by atoms with Gasteiger partial charge in [0.1, 0.15) is 10.8 Å². The lowest BCUT2D eigenvalue weighted by Crippen LogP contribution is -1.94. The Labute approximate surface area is 151 Å². The minimum atomic E-state index is 0.578. The fourth-order valence-corrected chi connectivity index (χ4v) is 3.58. The highest BCUT2D eigenvalue weighted by Gasteiger charge is 2.18. The van der Waals surface area contributed by atoms with Crippen LogP contribution >= 0.6 is 34.5 Å². The van der Waals surface area contributed by atoms with E-state index in [1.54, 1.807) is 29.8 Å². The number of hydrogen-bond donors (Lipinski definition) is 0. The highest BCUT2D eigenvalue weighted by atomic mass is 35.5. The largest absolute Gasteiger partial charge is 0.496 e. The van der Waals surface area contributed by atoms with Crippen molar-refractivity contribution in [3.63, 3.8) is 0 Å². The van der Waals surface area contributed by atoms with Crippen LogP contribution in [0.1, 0.15) is 0 Å². The number of fused-ring (bicyclic) bond motifs is 1. The summed E-state index contributed by atoms with van der Waals surface area (Å²) in [4.78, 5) is 0.682. The molecule has 0 aliphatic rings. The molecule has 0 radical (unpaired) electrons. The van der Waals surface area contributed by atoms with Gasteiger partial charge in [-0.2, -0.15) is 9.61 Å². The molecule has 5 nitrogen and oxygen atoms in total. The van der Waals surface area contributed by atoms with Gasteiger partial charge in [-0.3, -0.25) is 0 Å². The Morgan fingerprint density at radius 3 is 2.67 bits per heavy atom. The van der Waals surface area contributed by atoms with Crippen molar-refractivity contribution in [2.24, 2.45) is 0 Å². The van der Waals surface area contributed by atoms with Gasteiger partial charge in [-0.05, 0) is 30.3 Å². The third-order valence-corrected chi connectivity index (χ3v) is 4.88. The monoisotopic (exact) mass is 376 g/mol. The Bertz CT molecular complexity index is 1040. The number of nitrogens with zero attached hydrogens (tertiary/aromatic N) is 4. The van der Waals surface area contributed by atoms with Crippen LogP contribution in [0.15, 0.2) is 42.5 Å². The van der Waals surface area contributed by atoms with E-state index in [9.17, 15) is 0 Å². The molecule has 0 bridgehead atoms. The zero-order chi connectivity index (χ0) is 16.7. The van der Waals surface area contributed by atoms with Gasteiger partial charge in [0, 0.05) is 15.6 Å². The maximum Gasteiger partial charge on any atom is 0.235 e. The van der Waals surface area contributed by atoms with Gasteiger partial charge in [0.2, 0.25) is 4.96 Å². The average Bonchev–Trinajstić information content (AvgIpc) is 3.15. The van der Waals surface area contributed by atoms with E-state index in [2.05, 4.69) is 15.3 Å². The van der Waals surface area contributed by atoms with E-state index < -0.39 is 0 Å². The van der Waals surface area contributed by atoms with E-state index in [1.165, 1.54) is 11.3 Å². The molecule has 0 saturated heterocycles. The fourth-order valence-electron chi connectivity index (χ4n) is 2.38. The first-order valence-electron chi connectivity index (χ1n) is 6.98. The third-order valence-electron chi connectivity index (χ3n) is 3.46. The zero-order valence-electron chi connectivity index (χ0n) is 12.4. The number of hydrogen-bond acceptors (Lipinski definition) is 5. The molecule has 0 aliphatic heterocycles. The second-order valence-electron chi connectivity index (χ2n) is 4.98. The summed E-state index contributed by atoms with van der Waals surface area (Å²) < 4.78 is 7.09. The average molecular weight is 377 g/mol. The van der Waals surface area contributed by atoms with Crippen molar-refractivity contribution < 1.29 is 4.74 Å². The van der Waals surface area contributed by atoms with Crippen molar-refractivity contribution >= 4 is 39.5 Å². The Hall–Kier alpha value is -2.15. The van der Waals surface area contributed by atoms with Crippen molar-refractivity contribution in [1.29, 1.82) is 0 Å². The van der Waals surface area contributed by atoms with Gasteiger partial charge in [0.05, 0.1) is 12.7 Å². The smallest absolute Gasteiger partial charge is 0.235 e. The van der Waals surface area contributed by atoms with Crippen LogP contribution in [0.4, 0.5) is 0 Å². The Balaban J connectivity index is 1.88. The number of benzene rings is 2. The summed E-state index contributed by atoms with van der Waals surface area (Å²) in [6.45, 7) is 0. The van der Waals surface area contributed by atoms with Gasteiger partial charge in [-0.1, -0.05) is 46.7 Å². The van der Waals surface area contributed by atoms with Crippen molar-refractivity contribution in [3.8, 4) is 27.7 Å². The third kappa shape index (κ3) is 2.62. The second kappa shape index (κ2) is 6.05. The Morgan fingerprint density at radius 1 is 1.04 bits per heavy atom. The molecule has 0 atom stereocenters.